The minimum Gasteiger partial charge on any atom is -0.411 e. The van der Waals surface area contributed by atoms with Gasteiger partial charge in [-0.1, -0.05) is 49.0 Å². The van der Waals surface area contributed by atoms with Crippen LogP contribution in [0.3, 0.4) is 0 Å². The lowest BCUT2D eigenvalue weighted by Gasteiger charge is -2.16. The van der Waals surface area contributed by atoms with Gasteiger partial charge in [-0.05, 0) is 25.8 Å². The standard InChI is InChI=1S/C16H22N2O2/c1-12(18-20)14-10-6-7-11-15(14)17-16(19)13-8-4-2-3-5-9-13/h6-7,10-11,13,20H,2-5,8-9H2,1H3,(H,17,19). The summed E-state index contributed by atoms with van der Waals surface area (Å²) in [5.74, 6) is 0.196. The molecule has 0 atom stereocenters. The number of hydrogen-bond acceptors (Lipinski definition) is 3. The Morgan fingerprint density at radius 1 is 1.20 bits per heavy atom. The topological polar surface area (TPSA) is 61.7 Å². The zero-order valence-electron chi connectivity index (χ0n) is 11.9. The summed E-state index contributed by atoms with van der Waals surface area (Å²) in [6.45, 7) is 1.72. The number of carbonyl (C=O) groups is 1. The molecule has 1 aliphatic rings. The van der Waals surface area contributed by atoms with E-state index in [0.717, 1.165) is 36.9 Å². The van der Waals surface area contributed by atoms with Gasteiger partial charge in [-0.25, -0.2) is 0 Å². The second-order valence-electron chi connectivity index (χ2n) is 5.41. The van der Waals surface area contributed by atoms with E-state index in [0.29, 0.717) is 5.71 Å². The molecule has 0 unspecified atom stereocenters. The quantitative estimate of drug-likeness (QED) is 0.381. The predicted octanol–water partition coefficient (Wildman–Crippen LogP) is 3.79. The first-order valence-electron chi connectivity index (χ1n) is 7.31. The number of oxime groups is 1. The summed E-state index contributed by atoms with van der Waals surface area (Å²) < 4.78 is 0. The Balaban J connectivity index is 2.11. The first-order valence-corrected chi connectivity index (χ1v) is 7.31. The van der Waals surface area contributed by atoms with Crippen molar-refractivity contribution >= 4 is 17.3 Å². The van der Waals surface area contributed by atoms with Crippen LogP contribution in [-0.4, -0.2) is 16.8 Å². The monoisotopic (exact) mass is 274 g/mol. The Bertz CT molecular complexity index is 489. The summed E-state index contributed by atoms with van der Waals surface area (Å²) in [6.07, 6.45) is 6.68. The molecule has 0 aliphatic heterocycles. The van der Waals surface area contributed by atoms with Crippen molar-refractivity contribution in [2.45, 2.75) is 45.4 Å². The van der Waals surface area contributed by atoms with Gasteiger partial charge in [0.25, 0.3) is 0 Å². The predicted molar refractivity (Wildman–Crippen MR) is 80.3 cm³/mol. The van der Waals surface area contributed by atoms with Crippen molar-refractivity contribution in [3.63, 3.8) is 0 Å². The second kappa shape index (κ2) is 7.08. The van der Waals surface area contributed by atoms with Crippen LogP contribution in [0.4, 0.5) is 5.69 Å². The molecular formula is C16H22N2O2. The Labute approximate surface area is 119 Å². The van der Waals surface area contributed by atoms with Crippen molar-refractivity contribution in [3.05, 3.63) is 29.8 Å². The van der Waals surface area contributed by atoms with E-state index in [2.05, 4.69) is 10.5 Å². The third-order valence-corrected chi connectivity index (χ3v) is 3.95. The summed E-state index contributed by atoms with van der Waals surface area (Å²) in [5.41, 5.74) is 1.98. The number of amides is 1. The molecule has 4 nitrogen and oxygen atoms in total. The zero-order chi connectivity index (χ0) is 14.4. The third kappa shape index (κ3) is 3.59. The van der Waals surface area contributed by atoms with Crippen LogP contribution in [-0.2, 0) is 4.79 Å². The van der Waals surface area contributed by atoms with Crippen molar-refractivity contribution in [2.24, 2.45) is 11.1 Å². The lowest BCUT2D eigenvalue weighted by atomic mass is 9.99. The van der Waals surface area contributed by atoms with Gasteiger partial charge in [-0.2, -0.15) is 0 Å². The normalized spacial score (nSPS) is 17.6. The molecule has 1 saturated carbocycles. The maximum Gasteiger partial charge on any atom is 0.227 e. The Hall–Kier alpha value is -1.84. The number of carbonyl (C=O) groups excluding carboxylic acids is 1. The number of rotatable bonds is 3. The largest absolute Gasteiger partial charge is 0.411 e. The molecule has 1 fully saturated rings. The summed E-state index contributed by atoms with van der Waals surface area (Å²) in [7, 11) is 0. The number of nitrogens with zero attached hydrogens (tertiary/aromatic N) is 1. The Morgan fingerprint density at radius 3 is 2.50 bits per heavy atom. The van der Waals surface area contributed by atoms with Crippen LogP contribution in [0.25, 0.3) is 0 Å². The van der Waals surface area contributed by atoms with Crippen LogP contribution in [0.5, 0.6) is 0 Å². The number of benzene rings is 1. The van der Waals surface area contributed by atoms with Gasteiger partial charge >= 0.3 is 0 Å². The number of nitrogens with one attached hydrogen (secondary N) is 1. The first kappa shape index (κ1) is 14.6. The van der Waals surface area contributed by atoms with Crippen LogP contribution in [0, 0.1) is 5.92 Å². The maximum absolute atomic E-state index is 12.4. The van der Waals surface area contributed by atoms with Crippen molar-refractivity contribution in [1.29, 1.82) is 0 Å². The highest BCUT2D eigenvalue weighted by Gasteiger charge is 2.21. The third-order valence-electron chi connectivity index (χ3n) is 3.95. The molecule has 1 aromatic rings. The van der Waals surface area contributed by atoms with Gasteiger partial charge in [-0.3, -0.25) is 4.79 Å². The molecule has 1 aliphatic carbocycles. The zero-order valence-corrected chi connectivity index (χ0v) is 11.9. The summed E-state index contributed by atoms with van der Waals surface area (Å²) >= 11 is 0. The summed E-state index contributed by atoms with van der Waals surface area (Å²) in [6, 6.07) is 7.43. The molecule has 0 radical (unpaired) electrons. The lowest BCUT2D eigenvalue weighted by molar-refractivity contribution is -0.120. The molecule has 0 aromatic heterocycles. The van der Waals surface area contributed by atoms with E-state index in [1.54, 1.807) is 6.92 Å². The summed E-state index contributed by atoms with van der Waals surface area (Å²) in [5, 5.41) is 15.1. The van der Waals surface area contributed by atoms with E-state index in [9.17, 15) is 4.79 Å². The van der Waals surface area contributed by atoms with E-state index < -0.39 is 0 Å². The molecular weight excluding hydrogens is 252 g/mol. The van der Waals surface area contributed by atoms with Crippen LogP contribution in [0.1, 0.15) is 51.0 Å². The molecule has 0 saturated heterocycles. The highest BCUT2D eigenvalue weighted by atomic mass is 16.4. The van der Waals surface area contributed by atoms with Crippen molar-refractivity contribution in [1.82, 2.24) is 0 Å². The van der Waals surface area contributed by atoms with E-state index in [-0.39, 0.29) is 11.8 Å². The fourth-order valence-electron chi connectivity index (χ4n) is 2.74. The van der Waals surface area contributed by atoms with Gasteiger partial charge in [0.05, 0.1) is 5.71 Å². The van der Waals surface area contributed by atoms with Crippen molar-refractivity contribution < 1.29 is 10.0 Å². The van der Waals surface area contributed by atoms with Crippen molar-refractivity contribution in [2.75, 3.05) is 5.32 Å². The maximum atomic E-state index is 12.4. The Kier molecular flexibility index (Phi) is 5.16. The fourth-order valence-corrected chi connectivity index (χ4v) is 2.74. The highest BCUT2D eigenvalue weighted by Crippen LogP contribution is 2.25. The fraction of sp³-hybridized carbons (Fsp3) is 0.500. The molecule has 1 aromatic carbocycles. The molecule has 20 heavy (non-hydrogen) atoms. The van der Waals surface area contributed by atoms with Crippen LogP contribution in [0.2, 0.25) is 0 Å². The molecule has 0 spiro atoms. The minimum atomic E-state index is 0.0880. The van der Waals surface area contributed by atoms with Crippen LogP contribution in [0.15, 0.2) is 29.4 Å². The highest BCUT2D eigenvalue weighted by molar-refractivity contribution is 6.06. The van der Waals surface area contributed by atoms with Crippen LogP contribution < -0.4 is 5.32 Å². The van der Waals surface area contributed by atoms with E-state index in [4.69, 9.17) is 5.21 Å². The smallest absolute Gasteiger partial charge is 0.227 e. The van der Waals surface area contributed by atoms with E-state index in [1.165, 1.54) is 12.8 Å². The van der Waals surface area contributed by atoms with Gasteiger partial charge in [0.15, 0.2) is 0 Å². The molecule has 2 rings (SSSR count). The van der Waals surface area contributed by atoms with Crippen molar-refractivity contribution in [3.8, 4) is 0 Å². The molecule has 108 valence electrons. The second-order valence-corrected chi connectivity index (χ2v) is 5.41. The SMILES string of the molecule is CC(=NO)c1ccccc1NC(=O)C1CCCCCC1. The number of hydrogen-bond donors (Lipinski definition) is 2. The van der Waals surface area contributed by atoms with E-state index in [1.807, 2.05) is 24.3 Å². The van der Waals surface area contributed by atoms with Gasteiger partial charge < -0.3 is 10.5 Å². The molecule has 0 bridgehead atoms. The number of para-hydroxylation sites is 1. The summed E-state index contributed by atoms with van der Waals surface area (Å²) in [4.78, 5) is 12.4. The van der Waals surface area contributed by atoms with Gasteiger partial charge in [0, 0.05) is 17.2 Å². The molecule has 0 heterocycles. The molecule has 1 amide bonds. The minimum absolute atomic E-state index is 0.0880. The van der Waals surface area contributed by atoms with Crippen LogP contribution >= 0.6 is 0 Å². The number of anilines is 1. The van der Waals surface area contributed by atoms with E-state index >= 15 is 0 Å². The Morgan fingerprint density at radius 2 is 1.85 bits per heavy atom. The van der Waals surface area contributed by atoms with Gasteiger partial charge in [0.1, 0.15) is 0 Å². The first-order chi connectivity index (χ1) is 9.72. The average molecular weight is 274 g/mol. The van der Waals surface area contributed by atoms with Gasteiger partial charge in [0.2, 0.25) is 5.91 Å². The molecule has 4 heteroatoms. The molecule has 2 N–H and O–H groups in total. The lowest BCUT2D eigenvalue weighted by Crippen LogP contribution is -2.23. The average Bonchev–Trinajstić information content (AvgIpc) is 2.76. The van der Waals surface area contributed by atoms with Gasteiger partial charge in [-0.15, -0.1) is 0 Å².